The third-order valence-corrected chi connectivity index (χ3v) is 8.44. The molecule has 44 heavy (non-hydrogen) atoms. The van der Waals surface area contributed by atoms with E-state index in [1.54, 1.807) is 6.07 Å². The van der Waals surface area contributed by atoms with Gasteiger partial charge in [0.1, 0.15) is 35.9 Å². The van der Waals surface area contributed by atoms with Crippen LogP contribution in [0.1, 0.15) is 26.9 Å². The topological polar surface area (TPSA) is 241 Å². The van der Waals surface area contributed by atoms with Crippen molar-refractivity contribution < 1.29 is 55.2 Å². The van der Waals surface area contributed by atoms with Crippen LogP contribution in [0.4, 0.5) is 0 Å². The van der Waals surface area contributed by atoms with Crippen molar-refractivity contribution in [3.8, 4) is 11.5 Å². The molecule has 5 atom stereocenters. The molecule has 1 unspecified atom stereocenters. The molecule has 2 amide bonds. The summed E-state index contributed by atoms with van der Waals surface area (Å²) < 4.78 is 7.38. The zero-order valence-corrected chi connectivity index (χ0v) is 22.7. The van der Waals surface area contributed by atoms with Crippen LogP contribution in [-0.2, 0) is 4.74 Å². The van der Waals surface area contributed by atoms with Crippen LogP contribution in [0.5, 0.6) is 11.5 Å². The Bertz CT molecular complexity index is 2000. The Morgan fingerprint density at radius 1 is 0.864 bits per heavy atom. The molecule has 5 aromatic rings. The monoisotopic (exact) mass is 608 g/mol. The average molecular weight is 609 g/mol. The molecule has 2 aliphatic rings. The van der Waals surface area contributed by atoms with Crippen LogP contribution in [0.2, 0.25) is 0 Å². The lowest BCUT2D eigenvalue weighted by Crippen LogP contribution is -2.50. The number of phenolic OH excluding ortho intramolecular Hbond substituents is 2. The van der Waals surface area contributed by atoms with Crippen LogP contribution in [0.15, 0.2) is 36.4 Å². The Morgan fingerprint density at radius 3 is 2.16 bits per heavy atom. The molecule has 15 heteroatoms. The number of aromatic amines is 1. The molecule has 0 aliphatic carbocycles. The number of fused-ring (bicyclic) bond motifs is 10. The van der Waals surface area contributed by atoms with Gasteiger partial charge in [-0.2, -0.15) is 0 Å². The molecule has 2 aromatic heterocycles. The van der Waals surface area contributed by atoms with Gasteiger partial charge in [0.15, 0.2) is 6.23 Å². The summed E-state index contributed by atoms with van der Waals surface area (Å²) in [5, 5.41) is 83.9. The van der Waals surface area contributed by atoms with Gasteiger partial charge in [0, 0.05) is 33.7 Å². The SMILES string of the molecule is O=C1c2c(c3c4ccc(O)cc4n([C@@H]4O[C@H](C(O)CO)[C@@H](O)[C@H]4O)c3c3[nH]c4cc(O)ccc4c23)C(=O)N1NC(CO)CO. The van der Waals surface area contributed by atoms with Gasteiger partial charge in [-0.15, -0.1) is 0 Å². The minimum atomic E-state index is -1.65. The Balaban J connectivity index is 1.63. The number of aromatic nitrogens is 2. The number of amides is 2. The maximum Gasteiger partial charge on any atom is 0.276 e. The highest BCUT2D eigenvalue weighted by Gasteiger charge is 2.49. The predicted octanol–water partition coefficient (Wildman–Crippen LogP) is -0.734. The highest BCUT2D eigenvalue weighted by molar-refractivity contribution is 6.39. The summed E-state index contributed by atoms with van der Waals surface area (Å²) in [6, 6.07) is 7.59. The number of hydrogen-bond donors (Lipinski definition) is 10. The van der Waals surface area contributed by atoms with Crippen LogP contribution in [-0.4, -0.2) is 118 Å². The molecular weight excluding hydrogens is 580 g/mol. The Hall–Kier alpha value is -4.32. The molecule has 1 saturated heterocycles. The number of phenols is 2. The third kappa shape index (κ3) is 3.79. The first-order chi connectivity index (χ1) is 21.1. The van der Waals surface area contributed by atoms with E-state index in [4.69, 9.17) is 4.74 Å². The molecule has 230 valence electrons. The van der Waals surface area contributed by atoms with Gasteiger partial charge in [-0.1, -0.05) is 0 Å². The van der Waals surface area contributed by atoms with E-state index in [0.717, 1.165) is 0 Å². The number of benzene rings is 3. The predicted molar refractivity (Wildman–Crippen MR) is 153 cm³/mol. The summed E-state index contributed by atoms with van der Waals surface area (Å²) in [5.74, 6) is -1.84. The Labute approximate surface area is 246 Å². The largest absolute Gasteiger partial charge is 0.508 e. The van der Waals surface area contributed by atoms with Gasteiger partial charge in [-0.25, -0.2) is 10.4 Å². The minimum Gasteiger partial charge on any atom is -0.508 e. The Morgan fingerprint density at radius 2 is 1.50 bits per heavy atom. The van der Waals surface area contributed by atoms with Crippen molar-refractivity contribution in [3.63, 3.8) is 0 Å². The van der Waals surface area contributed by atoms with Crippen LogP contribution < -0.4 is 5.43 Å². The average Bonchev–Trinajstić information content (AvgIpc) is 3.70. The number of nitrogens with zero attached hydrogens (tertiary/aromatic N) is 2. The highest BCUT2D eigenvalue weighted by Crippen LogP contribution is 2.48. The van der Waals surface area contributed by atoms with Crippen molar-refractivity contribution >= 4 is 55.4 Å². The lowest BCUT2D eigenvalue weighted by molar-refractivity contribution is -0.0950. The van der Waals surface area contributed by atoms with Crippen LogP contribution in [0.25, 0.3) is 43.6 Å². The second kappa shape index (κ2) is 10.1. The summed E-state index contributed by atoms with van der Waals surface area (Å²) in [7, 11) is 0. The van der Waals surface area contributed by atoms with Gasteiger partial charge in [0.05, 0.1) is 59.1 Å². The molecule has 4 heterocycles. The fourth-order valence-electron chi connectivity index (χ4n) is 6.44. The number of nitrogens with one attached hydrogen (secondary N) is 2. The number of carbonyl (C=O) groups is 2. The van der Waals surface area contributed by atoms with Crippen LogP contribution >= 0.6 is 0 Å². The van der Waals surface area contributed by atoms with E-state index in [-0.39, 0.29) is 49.9 Å². The first-order valence-corrected chi connectivity index (χ1v) is 13.7. The van der Waals surface area contributed by atoms with Gasteiger partial charge in [0.2, 0.25) is 0 Å². The quantitative estimate of drug-likeness (QED) is 0.103. The number of imide groups is 1. The summed E-state index contributed by atoms with van der Waals surface area (Å²) in [6.07, 6.45) is -7.63. The molecule has 3 aromatic carbocycles. The molecular formula is C29H28N4O11. The molecule has 0 spiro atoms. The fraction of sp³-hybridized carbons (Fsp3) is 0.310. The van der Waals surface area contributed by atoms with E-state index in [1.165, 1.54) is 34.9 Å². The smallest absolute Gasteiger partial charge is 0.276 e. The number of hydrogen-bond acceptors (Lipinski definition) is 12. The zero-order chi connectivity index (χ0) is 31.2. The lowest BCUT2D eigenvalue weighted by Gasteiger charge is -2.21. The van der Waals surface area contributed by atoms with Gasteiger partial charge in [-0.05, 0) is 24.3 Å². The number of aromatic hydroxyl groups is 2. The lowest BCUT2D eigenvalue weighted by atomic mass is 9.96. The van der Waals surface area contributed by atoms with E-state index in [2.05, 4.69) is 10.4 Å². The number of H-pyrrole nitrogens is 1. The maximum absolute atomic E-state index is 14.1. The fourth-order valence-corrected chi connectivity index (χ4v) is 6.44. The van der Waals surface area contributed by atoms with Gasteiger partial charge in [-0.3, -0.25) is 9.59 Å². The summed E-state index contributed by atoms with van der Waals surface area (Å²) >= 11 is 0. The van der Waals surface area contributed by atoms with Crippen molar-refractivity contribution in [2.45, 2.75) is 36.7 Å². The number of carbonyl (C=O) groups excluding carboxylic acids is 2. The summed E-state index contributed by atoms with van der Waals surface area (Å²) in [5.41, 5.74) is 3.67. The van der Waals surface area contributed by atoms with Crippen molar-refractivity contribution in [2.75, 3.05) is 19.8 Å². The number of ether oxygens (including phenoxy) is 1. The van der Waals surface area contributed by atoms with E-state index < -0.39 is 68.3 Å². The summed E-state index contributed by atoms with van der Waals surface area (Å²) in [6.45, 7) is -1.93. The molecule has 0 bridgehead atoms. The zero-order valence-electron chi connectivity index (χ0n) is 22.7. The first-order valence-electron chi connectivity index (χ1n) is 13.7. The van der Waals surface area contributed by atoms with Crippen LogP contribution in [0.3, 0.4) is 0 Å². The molecule has 15 nitrogen and oxygen atoms in total. The molecule has 7 rings (SSSR count). The van der Waals surface area contributed by atoms with E-state index in [1.807, 2.05) is 0 Å². The van der Waals surface area contributed by atoms with Crippen molar-refractivity contribution in [3.05, 3.63) is 47.5 Å². The van der Waals surface area contributed by atoms with Gasteiger partial charge < -0.3 is 55.1 Å². The normalized spacial score (nSPS) is 22.9. The second-order valence-electron chi connectivity index (χ2n) is 11.0. The number of aliphatic hydroxyl groups is 6. The summed E-state index contributed by atoms with van der Waals surface area (Å²) in [4.78, 5) is 31.2. The standard InChI is InChI=1S/C29H28N4O11/c34-7-10(8-35)31-33-27(42)20-18-13-3-1-11(37)5-15(13)30-22(18)23-19(21(20)28(33)43)14-4-2-12(38)6-16(14)32(23)29-25(41)24(40)26(44-29)17(39)9-36/h1-6,10,17,24-26,29-31,34-41H,7-9H2/t17?,24-,25+,26+,29+/m0/s1. The second-order valence-corrected chi connectivity index (χ2v) is 11.0. The highest BCUT2D eigenvalue weighted by atomic mass is 16.6. The number of hydrazine groups is 1. The molecule has 10 N–H and O–H groups in total. The van der Waals surface area contributed by atoms with E-state index in [0.29, 0.717) is 21.3 Å². The number of aliphatic hydroxyl groups excluding tert-OH is 6. The molecule has 0 saturated carbocycles. The maximum atomic E-state index is 14.1. The van der Waals surface area contributed by atoms with Crippen LogP contribution in [0, 0.1) is 0 Å². The number of rotatable bonds is 7. The molecule has 2 aliphatic heterocycles. The van der Waals surface area contributed by atoms with Crippen molar-refractivity contribution in [2.24, 2.45) is 0 Å². The van der Waals surface area contributed by atoms with Gasteiger partial charge >= 0.3 is 0 Å². The third-order valence-electron chi connectivity index (χ3n) is 8.44. The first kappa shape index (κ1) is 28.5. The van der Waals surface area contributed by atoms with Crippen molar-refractivity contribution in [1.29, 1.82) is 0 Å². The van der Waals surface area contributed by atoms with E-state index in [9.17, 15) is 50.4 Å². The van der Waals surface area contributed by atoms with Gasteiger partial charge in [0.25, 0.3) is 11.8 Å². The van der Waals surface area contributed by atoms with Crippen molar-refractivity contribution in [1.82, 2.24) is 20.0 Å². The molecule has 1 fully saturated rings. The molecule has 0 radical (unpaired) electrons. The minimum absolute atomic E-state index is 0.00908. The van der Waals surface area contributed by atoms with E-state index >= 15 is 0 Å². The Kier molecular flexibility index (Phi) is 6.54.